The molecule has 2 aromatic rings. The zero-order chi connectivity index (χ0) is 62.6. The van der Waals surface area contributed by atoms with Gasteiger partial charge in [-0.3, -0.25) is 47.9 Å². The highest BCUT2D eigenvalue weighted by atomic mass is 35.5. The number of nitrogens with one attached hydrogen (secondary N) is 12. The summed E-state index contributed by atoms with van der Waals surface area (Å²) in [6.45, 7) is 4.25. The molecule has 1 aliphatic heterocycles. The van der Waals surface area contributed by atoms with E-state index in [0.717, 1.165) is 0 Å². The summed E-state index contributed by atoms with van der Waals surface area (Å²) in [4.78, 5) is 153. The van der Waals surface area contributed by atoms with Gasteiger partial charge in [-0.2, -0.15) is 0 Å². The molecule has 24 N–H and O–H groups in total. The van der Waals surface area contributed by atoms with Crippen LogP contribution < -0.4 is 92.5 Å². The van der Waals surface area contributed by atoms with Crippen LogP contribution in [0.5, 0.6) is 0 Å². The fraction of sp³-hybridized carbons (Fsp3) is 0.566. The zero-order valence-electron chi connectivity index (χ0n) is 47.5. The highest BCUT2D eigenvalue weighted by molar-refractivity contribution is 6.33. The topological polar surface area (TPSA) is 503 Å². The first-order valence-electron chi connectivity index (χ1n) is 27.6. The number of nitrogens with two attached hydrogens (primary N) is 5. The molecule has 1 aliphatic rings. The van der Waals surface area contributed by atoms with Gasteiger partial charge in [0.1, 0.15) is 60.4 Å². The van der Waals surface area contributed by atoms with Crippen molar-refractivity contribution in [1.29, 1.82) is 0 Å². The number of halogens is 1. The van der Waals surface area contributed by atoms with E-state index in [9.17, 15) is 63.0 Å². The van der Waals surface area contributed by atoms with E-state index in [0.29, 0.717) is 5.56 Å². The number of aliphatic hydroxyl groups excluding tert-OH is 2. The SMILES string of the molecule is CC(C)C1NC(=O)[C@@H](Cc2ccccc2)NC(=O)[C@H](CCN)NC(=O)[C@@H](NC(=O)[C@H](CCN)NC(=O)[C@@H](NC(=O)[C@H](CCN)NC(=O)Nc2ccccc2Cl)[C@@H](C)O)CCNC(=O)[C@H]([C@@H](C)O)NC(=O)[C@H](CCN)NC(=O)[C@H](CCN)NC1=O. The van der Waals surface area contributed by atoms with Crippen LogP contribution in [0.25, 0.3) is 0 Å². The van der Waals surface area contributed by atoms with Crippen LogP contribution in [0.4, 0.5) is 10.5 Å². The number of hydrogen-bond donors (Lipinski definition) is 19. The summed E-state index contributed by atoms with van der Waals surface area (Å²) in [6.07, 6.45) is -4.83. The third kappa shape index (κ3) is 22.9. The molecule has 1 fully saturated rings. The van der Waals surface area contributed by atoms with Crippen molar-refractivity contribution in [1.82, 2.24) is 58.5 Å². The number of benzene rings is 2. The molecule has 31 heteroatoms. The van der Waals surface area contributed by atoms with Crippen molar-refractivity contribution < 1.29 is 63.0 Å². The average Bonchev–Trinajstić information content (AvgIpc) is 3.66. The normalized spacial score (nSPS) is 22.5. The molecular formula is C53H84ClN17O13. The first-order valence-corrected chi connectivity index (χ1v) is 28.0. The lowest BCUT2D eigenvalue weighted by molar-refractivity contribution is -0.136. The summed E-state index contributed by atoms with van der Waals surface area (Å²) >= 11 is 6.16. The van der Waals surface area contributed by atoms with Crippen LogP contribution in [0, 0.1) is 5.92 Å². The summed E-state index contributed by atoms with van der Waals surface area (Å²) in [6, 6.07) is -1.27. The van der Waals surface area contributed by atoms with Gasteiger partial charge in [-0.25, -0.2) is 4.79 Å². The Labute approximate surface area is 491 Å². The second kappa shape index (κ2) is 36.2. The van der Waals surface area contributed by atoms with Gasteiger partial charge in [0, 0.05) is 13.0 Å². The van der Waals surface area contributed by atoms with Gasteiger partial charge < -0.3 is 103 Å². The third-order valence-electron chi connectivity index (χ3n) is 13.2. The largest absolute Gasteiger partial charge is 0.391 e. The fourth-order valence-corrected chi connectivity index (χ4v) is 8.74. The standard InChI is InChI=1S/C53H84ClN17O13/c1-27(2)40-51(82)64-34(15-21-56)43(74)62-36(17-23-58)47(78)70-41(28(3)72)50(81)60-25-19-38(46(77)61-33(14-20-55)45(76)66-39(49(80)69-40)26-30-10-6-5-7-11-30)63-44(75)35(16-22-57)65-52(83)42(29(4)73)71-48(79)37(18-24-59)68-53(84)67-32-13-9-8-12-31(32)54/h5-13,27-29,33-42,72-73H,14-26,55-59H2,1-4H3,(H,60,81)(H,61,77)(H,62,74)(H,63,75)(H,64,82)(H,65,83)(H,66,76)(H,69,80)(H,70,78)(H,71,79)(H2,67,68,84)/t28-,29-,33+,34+,35+,36+,37+,38+,39-,40?,41+,42+/m1/s1. The van der Waals surface area contributed by atoms with E-state index in [2.05, 4.69) is 63.8 Å². The van der Waals surface area contributed by atoms with Crippen molar-refractivity contribution in [3.8, 4) is 0 Å². The number of aliphatic hydroxyl groups is 2. The smallest absolute Gasteiger partial charge is 0.319 e. The first-order chi connectivity index (χ1) is 39.9. The molecule has 0 aliphatic carbocycles. The summed E-state index contributed by atoms with van der Waals surface area (Å²) < 4.78 is 0. The van der Waals surface area contributed by atoms with Crippen molar-refractivity contribution in [2.24, 2.45) is 34.6 Å². The highest BCUT2D eigenvalue weighted by Gasteiger charge is 2.38. The molecule has 0 radical (unpaired) electrons. The predicted octanol–water partition coefficient (Wildman–Crippen LogP) is -5.88. The van der Waals surface area contributed by atoms with Crippen LogP contribution in [0.1, 0.15) is 71.8 Å². The molecule has 0 saturated carbocycles. The van der Waals surface area contributed by atoms with Crippen molar-refractivity contribution >= 4 is 82.4 Å². The minimum atomic E-state index is -1.77. The van der Waals surface area contributed by atoms with Gasteiger partial charge >= 0.3 is 6.03 Å². The molecule has 30 nitrogen and oxygen atoms in total. The quantitative estimate of drug-likeness (QED) is 0.0493. The number of hydrogen-bond acceptors (Lipinski definition) is 18. The minimum Gasteiger partial charge on any atom is -0.391 e. The van der Waals surface area contributed by atoms with Gasteiger partial charge in [0.25, 0.3) is 0 Å². The number of para-hydroxylation sites is 1. The Kier molecular flexibility index (Phi) is 30.5. The van der Waals surface area contributed by atoms with Crippen LogP contribution >= 0.6 is 11.6 Å². The maximum atomic E-state index is 14.5. The molecule has 12 amide bonds. The van der Waals surface area contributed by atoms with Crippen molar-refractivity contribution in [2.45, 2.75) is 145 Å². The highest BCUT2D eigenvalue weighted by Crippen LogP contribution is 2.20. The Morgan fingerprint density at radius 3 is 1.57 bits per heavy atom. The minimum absolute atomic E-state index is 0.109. The number of carbonyl (C=O) groups excluding carboxylic acids is 11. The van der Waals surface area contributed by atoms with Crippen LogP contribution in [-0.4, -0.2) is 187 Å². The van der Waals surface area contributed by atoms with E-state index in [-0.39, 0.29) is 82.0 Å². The summed E-state index contributed by atoms with van der Waals surface area (Å²) in [5.74, 6) is -10.3. The molecular weight excluding hydrogens is 1120 g/mol. The van der Waals surface area contributed by atoms with E-state index >= 15 is 0 Å². The molecule has 0 aromatic heterocycles. The van der Waals surface area contributed by atoms with Gasteiger partial charge in [-0.05, 0) is 109 Å². The van der Waals surface area contributed by atoms with Crippen LogP contribution in [0.15, 0.2) is 54.6 Å². The number of urea groups is 1. The van der Waals surface area contributed by atoms with Gasteiger partial charge in [0.2, 0.25) is 59.1 Å². The van der Waals surface area contributed by atoms with E-state index in [1.165, 1.54) is 26.0 Å². The number of carbonyl (C=O) groups is 11. The first kappa shape index (κ1) is 70.7. The molecule has 1 heterocycles. The second-order valence-corrected chi connectivity index (χ2v) is 20.7. The molecule has 0 spiro atoms. The van der Waals surface area contributed by atoms with Gasteiger partial charge in [-0.1, -0.05) is 67.9 Å². The van der Waals surface area contributed by atoms with Gasteiger partial charge in [0.05, 0.1) is 22.9 Å². The molecule has 3 rings (SSSR count). The Morgan fingerprint density at radius 1 is 0.560 bits per heavy atom. The van der Waals surface area contributed by atoms with Crippen molar-refractivity contribution in [3.63, 3.8) is 0 Å². The van der Waals surface area contributed by atoms with E-state index in [4.69, 9.17) is 40.3 Å². The lowest BCUT2D eigenvalue weighted by Gasteiger charge is -2.29. The lowest BCUT2D eigenvalue weighted by atomic mass is 10.00. The van der Waals surface area contributed by atoms with Gasteiger partial charge in [-0.15, -0.1) is 0 Å². The van der Waals surface area contributed by atoms with Crippen molar-refractivity contribution in [2.75, 3.05) is 44.6 Å². The average molecular weight is 1200 g/mol. The molecule has 0 bridgehead atoms. The number of amides is 12. The zero-order valence-corrected chi connectivity index (χ0v) is 48.3. The third-order valence-corrected chi connectivity index (χ3v) is 13.5. The molecule has 84 heavy (non-hydrogen) atoms. The van der Waals surface area contributed by atoms with Crippen molar-refractivity contribution in [3.05, 3.63) is 65.2 Å². The maximum absolute atomic E-state index is 14.5. The predicted molar refractivity (Wildman–Crippen MR) is 309 cm³/mol. The van der Waals surface area contributed by atoms with E-state index < -0.39 is 157 Å². The Hall–Kier alpha value is -7.58. The fourth-order valence-electron chi connectivity index (χ4n) is 8.55. The summed E-state index contributed by atoms with van der Waals surface area (Å²) in [7, 11) is 0. The van der Waals surface area contributed by atoms with E-state index in [1.54, 1.807) is 56.3 Å². The molecule has 466 valence electrons. The Balaban J connectivity index is 2.07. The van der Waals surface area contributed by atoms with Crippen LogP contribution in [0.2, 0.25) is 5.02 Å². The Bertz CT molecular complexity index is 2550. The van der Waals surface area contributed by atoms with E-state index in [1.807, 2.05) is 0 Å². The van der Waals surface area contributed by atoms with Gasteiger partial charge in [0.15, 0.2) is 0 Å². The maximum Gasteiger partial charge on any atom is 0.319 e. The second-order valence-electron chi connectivity index (χ2n) is 20.3. The summed E-state index contributed by atoms with van der Waals surface area (Å²) in [5.41, 5.74) is 30.0. The summed E-state index contributed by atoms with van der Waals surface area (Å²) in [5, 5.41) is 51.8. The monoisotopic (exact) mass is 1200 g/mol. The lowest BCUT2D eigenvalue weighted by Crippen LogP contribution is -2.62. The molecule has 1 unspecified atom stereocenters. The molecule has 2 aromatic carbocycles. The molecule has 12 atom stereocenters. The number of rotatable bonds is 23. The molecule has 1 saturated heterocycles. The number of anilines is 1. The van der Waals surface area contributed by atoms with Crippen LogP contribution in [0.3, 0.4) is 0 Å². The Morgan fingerprint density at radius 2 is 1.05 bits per heavy atom. The van der Waals surface area contributed by atoms with Crippen LogP contribution in [-0.2, 0) is 54.4 Å².